The van der Waals surface area contributed by atoms with Crippen LogP contribution in [0.2, 0.25) is 0 Å². The molecule has 0 saturated carbocycles. The van der Waals surface area contributed by atoms with E-state index in [2.05, 4.69) is 6.07 Å². The van der Waals surface area contributed by atoms with Gasteiger partial charge in [-0.25, -0.2) is 0 Å². The molecule has 0 amide bonds. The maximum Gasteiger partial charge on any atom is 0.189 e. The Kier molecular flexibility index (Phi) is 6.16. The van der Waals surface area contributed by atoms with Crippen LogP contribution in [0.3, 0.4) is 0 Å². The first kappa shape index (κ1) is 12.3. The summed E-state index contributed by atoms with van der Waals surface area (Å²) >= 11 is 5.73. The highest BCUT2D eigenvalue weighted by atomic mass is 35.5. The van der Waals surface area contributed by atoms with Crippen LogP contribution in [0.25, 0.3) is 0 Å². The lowest BCUT2D eigenvalue weighted by Gasteiger charge is -2.09. The van der Waals surface area contributed by atoms with Gasteiger partial charge < -0.3 is 14.2 Å². The van der Waals surface area contributed by atoms with E-state index in [1.165, 1.54) is 0 Å². The van der Waals surface area contributed by atoms with Gasteiger partial charge in [0.1, 0.15) is 5.75 Å². The van der Waals surface area contributed by atoms with E-state index in [1.54, 1.807) is 13.2 Å². The smallest absolute Gasteiger partial charge is 0.189 e. The largest absolute Gasteiger partial charge is 0.467 e. The molecule has 0 aliphatic rings. The van der Waals surface area contributed by atoms with Gasteiger partial charge in [0.25, 0.3) is 0 Å². The van der Waals surface area contributed by atoms with Crippen molar-refractivity contribution in [2.45, 2.75) is 5.88 Å². The van der Waals surface area contributed by atoms with Gasteiger partial charge in [-0.1, -0.05) is 18.2 Å². The Morgan fingerprint density at radius 1 is 1.40 bits per heavy atom. The van der Waals surface area contributed by atoms with Crippen molar-refractivity contribution in [3.63, 3.8) is 0 Å². The zero-order valence-electron chi connectivity index (χ0n) is 8.66. The van der Waals surface area contributed by atoms with Gasteiger partial charge in [-0.05, 0) is 0 Å². The molecule has 1 rings (SSSR count). The summed E-state index contributed by atoms with van der Waals surface area (Å²) in [6.07, 6.45) is 0. The van der Waals surface area contributed by atoms with Crippen LogP contribution in [-0.4, -0.2) is 27.1 Å². The molecule has 0 spiro atoms. The average molecular weight is 230 g/mol. The summed E-state index contributed by atoms with van der Waals surface area (Å²) < 4.78 is 15.4. The van der Waals surface area contributed by atoms with Gasteiger partial charge in [0.2, 0.25) is 0 Å². The summed E-state index contributed by atoms with van der Waals surface area (Å²) in [5.41, 5.74) is 0.912. The van der Waals surface area contributed by atoms with Gasteiger partial charge in [-0.3, -0.25) is 0 Å². The normalized spacial score (nSPS) is 10.3. The highest BCUT2D eigenvalue weighted by Gasteiger charge is 2.01. The molecule has 1 radical (unpaired) electrons. The summed E-state index contributed by atoms with van der Waals surface area (Å²) in [6.45, 7) is 1.26. The van der Waals surface area contributed by atoms with Crippen LogP contribution in [0.1, 0.15) is 5.56 Å². The number of ether oxygens (including phenoxy) is 3. The third-order valence-electron chi connectivity index (χ3n) is 1.76. The van der Waals surface area contributed by atoms with Gasteiger partial charge in [0.05, 0.1) is 19.1 Å². The minimum Gasteiger partial charge on any atom is -0.467 e. The van der Waals surface area contributed by atoms with Gasteiger partial charge in [-0.2, -0.15) is 0 Å². The second-order valence-electron chi connectivity index (χ2n) is 2.82. The number of benzene rings is 1. The second-order valence-corrected chi connectivity index (χ2v) is 3.09. The lowest BCUT2D eigenvalue weighted by atomic mass is 10.2. The first-order chi connectivity index (χ1) is 7.38. The lowest BCUT2D eigenvalue weighted by molar-refractivity contribution is -0.00890. The van der Waals surface area contributed by atoms with Crippen molar-refractivity contribution < 1.29 is 14.2 Å². The third-order valence-corrected chi connectivity index (χ3v) is 2.05. The zero-order chi connectivity index (χ0) is 10.9. The van der Waals surface area contributed by atoms with Crippen molar-refractivity contribution in [1.29, 1.82) is 0 Å². The molecular formula is C11H14ClO3. The van der Waals surface area contributed by atoms with Crippen LogP contribution in [0.15, 0.2) is 18.2 Å². The molecule has 83 valence electrons. The van der Waals surface area contributed by atoms with Crippen LogP contribution in [0.4, 0.5) is 0 Å². The molecule has 4 heteroatoms. The highest BCUT2D eigenvalue weighted by molar-refractivity contribution is 6.17. The maximum absolute atomic E-state index is 5.73. The van der Waals surface area contributed by atoms with Crippen molar-refractivity contribution in [3.05, 3.63) is 29.8 Å². The summed E-state index contributed by atoms with van der Waals surface area (Å²) in [4.78, 5) is 0. The van der Waals surface area contributed by atoms with Gasteiger partial charge >= 0.3 is 0 Å². The fourth-order valence-corrected chi connectivity index (χ4v) is 1.21. The summed E-state index contributed by atoms with van der Waals surface area (Å²) in [6, 6.07) is 8.51. The van der Waals surface area contributed by atoms with Crippen LogP contribution >= 0.6 is 11.6 Å². The Labute approximate surface area is 94.9 Å². The SMILES string of the molecule is COCCOCOc1[c]cccc1CCl. The van der Waals surface area contributed by atoms with Crippen molar-refractivity contribution in [1.82, 2.24) is 0 Å². The standard InChI is InChI=1S/C11H14ClO3/c1-13-6-7-14-9-15-11-5-3-2-4-10(11)8-12/h2-4H,6-9H2,1H3. The van der Waals surface area contributed by atoms with Crippen LogP contribution in [0, 0.1) is 6.07 Å². The molecular weight excluding hydrogens is 216 g/mol. The van der Waals surface area contributed by atoms with E-state index in [4.69, 9.17) is 25.8 Å². The molecule has 0 bridgehead atoms. The molecule has 0 aromatic heterocycles. The molecule has 15 heavy (non-hydrogen) atoms. The molecule has 0 aliphatic heterocycles. The summed E-state index contributed by atoms with van der Waals surface area (Å²) in [5.74, 6) is 1.05. The maximum atomic E-state index is 5.73. The molecule has 0 heterocycles. The van der Waals surface area contributed by atoms with Gasteiger partial charge in [0, 0.05) is 18.7 Å². The van der Waals surface area contributed by atoms with Crippen molar-refractivity contribution in [3.8, 4) is 5.75 Å². The van der Waals surface area contributed by atoms with E-state index in [9.17, 15) is 0 Å². The Morgan fingerprint density at radius 2 is 2.27 bits per heavy atom. The van der Waals surface area contributed by atoms with Crippen molar-refractivity contribution >= 4 is 11.6 Å². The van der Waals surface area contributed by atoms with Crippen LogP contribution in [-0.2, 0) is 15.4 Å². The molecule has 1 aromatic rings. The zero-order valence-corrected chi connectivity index (χ0v) is 9.42. The Bertz CT molecular complexity index is 278. The summed E-state index contributed by atoms with van der Waals surface area (Å²) in [5, 5.41) is 0. The Balaban J connectivity index is 2.30. The lowest BCUT2D eigenvalue weighted by Crippen LogP contribution is -2.08. The van der Waals surface area contributed by atoms with E-state index in [-0.39, 0.29) is 6.79 Å². The molecule has 0 aliphatic carbocycles. The number of methoxy groups -OCH3 is 1. The van der Waals surface area contributed by atoms with Gasteiger partial charge in [0.15, 0.2) is 6.79 Å². The molecule has 0 fully saturated rings. The Hall–Kier alpha value is -0.770. The topological polar surface area (TPSA) is 27.7 Å². The fourth-order valence-electron chi connectivity index (χ4n) is 0.998. The van der Waals surface area contributed by atoms with Crippen LogP contribution < -0.4 is 4.74 Å². The van der Waals surface area contributed by atoms with Gasteiger partial charge in [-0.15, -0.1) is 11.6 Å². The number of para-hydroxylation sites is 1. The molecule has 0 N–H and O–H groups in total. The van der Waals surface area contributed by atoms with E-state index in [1.807, 2.05) is 12.1 Å². The van der Waals surface area contributed by atoms with E-state index in [0.717, 1.165) is 5.56 Å². The van der Waals surface area contributed by atoms with E-state index >= 15 is 0 Å². The number of alkyl halides is 1. The summed E-state index contributed by atoms with van der Waals surface area (Å²) in [7, 11) is 1.63. The van der Waals surface area contributed by atoms with E-state index in [0.29, 0.717) is 24.8 Å². The average Bonchev–Trinajstić information content (AvgIpc) is 2.29. The predicted octanol–water partition coefficient (Wildman–Crippen LogP) is 2.22. The van der Waals surface area contributed by atoms with Crippen molar-refractivity contribution in [2.75, 3.05) is 27.1 Å². The molecule has 3 nitrogen and oxygen atoms in total. The first-order valence-corrected chi connectivity index (χ1v) is 5.17. The quantitative estimate of drug-likeness (QED) is 0.408. The second kappa shape index (κ2) is 7.51. The van der Waals surface area contributed by atoms with E-state index < -0.39 is 0 Å². The third kappa shape index (κ3) is 4.51. The minimum absolute atomic E-state index is 0.188. The number of hydrogen-bond acceptors (Lipinski definition) is 3. The number of rotatable bonds is 7. The number of halogens is 1. The highest BCUT2D eigenvalue weighted by Crippen LogP contribution is 2.18. The van der Waals surface area contributed by atoms with Crippen molar-refractivity contribution in [2.24, 2.45) is 0 Å². The number of hydrogen-bond donors (Lipinski definition) is 0. The minimum atomic E-state index is 0.188. The predicted molar refractivity (Wildman–Crippen MR) is 58.2 cm³/mol. The fraction of sp³-hybridized carbons (Fsp3) is 0.455. The first-order valence-electron chi connectivity index (χ1n) is 4.63. The monoisotopic (exact) mass is 229 g/mol. The molecule has 0 atom stereocenters. The molecule has 1 aromatic carbocycles. The van der Waals surface area contributed by atoms with Crippen LogP contribution in [0.5, 0.6) is 5.75 Å². The molecule has 0 unspecified atom stereocenters. The Morgan fingerprint density at radius 3 is 3.00 bits per heavy atom. The molecule has 0 saturated heterocycles.